The van der Waals surface area contributed by atoms with Crippen molar-refractivity contribution in [3.63, 3.8) is 0 Å². The number of rotatable bonds is 10. The van der Waals surface area contributed by atoms with Crippen molar-refractivity contribution in [1.82, 2.24) is 10.4 Å². The fraction of sp³-hybridized carbons (Fsp3) is 0.171. The van der Waals surface area contributed by atoms with E-state index in [4.69, 9.17) is 9.47 Å². The van der Waals surface area contributed by atoms with Gasteiger partial charge in [0.05, 0.1) is 13.3 Å². The number of pyridine rings is 1. The molecule has 7 nitrogen and oxygen atoms in total. The van der Waals surface area contributed by atoms with Crippen LogP contribution in [-0.2, 0) is 0 Å². The summed E-state index contributed by atoms with van der Waals surface area (Å²) in [5.74, 6) is 1.45. The van der Waals surface area contributed by atoms with Gasteiger partial charge >= 0.3 is 0 Å². The Kier molecular flexibility index (Phi) is 8.78. The first kappa shape index (κ1) is 28.4. The number of ether oxygens (including phenoxy) is 2. The zero-order valence-electron chi connectivity index (χ0n) is 24.2. The monoisotopic (exact) mass is 558 g/mol. The molecule has 0 radical (unpaired) electrons. The molecule has 0 aliphatic carbocycles. The summed E-state index contributed by atoms with van der Waals surface area (Å²) in [4.78, 5) is 17.6. The van der Waals surface area contributed by atoms with Gasteiger partial charge in [-0.2, -0.15) is 5.10 Å². The normalized spacial score (nSPS) is 11.9. The molecule has 0 aliphatic heterocycles. The van der Waals surface area contributed by atoms with Crippen LogP contribution in [0.4, 0.5) is 5.69 Å². The maximum atomic E-state index is 13.2. The molecule has 0 bridgehead atoms. The van der Waals surface area contributed by atoms with Gasteiger partial charge in [-0.05, 0) is 77.4 Å². The lowest BCUT2D eigenvalue weighted by molar-refractivity contribution is 0.102. The van der Waals surface area contributed by atoms with Gasteiger partial charge in [0.25, 0.3) is 5.91 Å². The largest absolute Gasteiger partial charge is 0.497 e. The molecule has 5 rings (SSSR count). The first-order chi connectivity index (χ1) is 20.4. The Bertz CT molecular complexity index is 1730. The van der Waals surface area contributed by atoms with Crippen molar-refractivity contribution < 1.29 is 14.3 Å². The van der Waals surface area contributed by atoms with Crippen LogP contribution in [0.1, 0.15) is 58.6 Å². The van der Waals surface area contributed by atoms with E-state index in [1.54, 1.807) is 37.7 Å². The molecule has 0 saturated carbocycles. The van der Waals surface area contributed by atoms with E-state index in [1.807, 2.05) is 72.9 Å². The molecule has 0 spiro atoms. The van der Waals surface area contributed by atoms with Crippen LogP contribution in [-0.4, -0.2) is 24.2 Å². The molecule has 5 aromatic rings. The number of fused-ring (bicyclic) bond motifs is 1. The molecule has 1 aromatic heterocycles. The summed E-state index contributed by atoms with van der Waals surface area (Å²) < 4.78 is 11.7. The van der Waals surface area contributed by atoms with Gasteiger partial charge in [0.15, 0.2) is 0 Å². The number of carbonyl (C=O) groups is 1. The quantitative estimate of drug-likeness (QED) is 0.105. The van der Waals surface area contributed by atoms with Crippen molar-refractivity contribution in [3.8, 4) is 11.5 Å². The predicted molar refractivity (Wildman–Crippen MR) is 168 cm³/mol. The molecular weight excluding hydrogens is 524 g/mol. The van der Waals surface area contributed by atoms with Gasteiger partial charge in [-0.25, -0.2) is 0 Å². The number of anilines is 1. The highest BCUT2D eigenvalue weighted by atomic mass is 16.5. The average molecular weight is 559 g/mol. The zero-order chi connectivity index (χ0) is 29.5. The van der Waals surface area contributed by atoms with E-state index < -0.39 is 6.23 Å². The van der Waals surface area contributed by atoms with Crippen LogP contribution in [0, 0.1) is 6.92 Å². The molecule has 2 N–H and O–H groups in total. The Morgan fingerprint density at radius 2 is 1.69 bits per heavy atom. The molecular formula is C35H34N4O3. The third-order valence-corrected chi connectivity index (χ3v) is 6.98. The van der Waals surface area contributed by atoms with Crippen LogP contribution in [0.5, 0.6) is 11.5 Å². The summed E-state index contributed by atoms with van der Waals surface area (Å²) in [5.41, 5.74) is 8.46. The minimum atomic E-state index is -0.685. The number of methoxy groups -OCH3 is 1. The van der Waals surface area contributed by atoms with E-state index in [0.29, 0.717) is 17.2 Å². The Hall–Kier alpha value is -5.17. The number of amides is 1. The fourth-order valence-electron chi connectivity index (χ4n) is 4.86. The SMILES string of the molecule is COc1cccc(C=NNC(Oc2cccc(C(=O)Nc3ccc(C(C)C)c(C)c3)c2)c2cncc3ccccc23)c1. The first-order valence-electron chi connectivity index (χ1n) is 13.8. The number of nitrogens with zero attached hydrogens (tertiary/aromatic N) is 2. The second-order valence-corrected chi connectivity index (χ2v) is 10.3. The molecule has 1 heterocycles. The van der Waals surface area contributed by atoms with Gasteiger partial charge in [0.2, 0.25) is 6.23 Å². The first-order valence-corrected chi connectivity index (χ1v) is 13.8. The van der Waals surface area contributed by atoms with E-state index in [1.165, 1.54) is 5.56 Å². The summed E-state index contributed by atoms with van der Waals surface area (Å²) in [6.07, 6.45) is 4.60. The van der Waals surface area contributed by atoms with Gasteiger partial charge in [0, 0.05) is 34.6 Å². The number of carbonyl (C=O) groups excluding carboxylic acids is 1. The van der Waals surface area contributed by atoms with Crippen molar-refractivity contribution in [3.05, 3.63) is 131 Å². The highest BCUT2D eigenvalue weighted by Gasteiger charge is 2.18. The minimum absolute atomic E-state index is 0.218. The lowest BCUT2D eigenvalue weighted by Gasteiger charge is -2.21. The van der Waals surface area contributed by atoms with Crippen molar-refractivity contribution in [2.75, 3.05) is 12.4 Å². The number of hydrogen-bond acceptors (Lipinski definition) is 6. The summed E-state index contributed by atoms with van der Waals surface area (Å²) in [7, 11) is 1.63. The van der Waals surface area contributed by atoms with Crippen LogP contribution in [0.3, 0.4) is 0 Å². The van der Waals surface area contributed by atoms with Crippen LogP contribution in [0.25, 0.3) is 10.8 Å². The highest BCUT2D eigenvalue weighted by Crippen LogP contribution is 2.28. The molecule has 0 aliphatic rings. The Morgan fingerprint density at radius 3 is 2.50 bits per heavy atom. The van der Waals surface area contributed by atoms with Gasteiger partial charge in [-0.1, -0.05) is 62.4 Å². The van der Waals surface area contributed by atoms with Crippen LogP contribution < -0.4 is 20.2 Å². The number of aryl methyl sites for hydroxylation is 1. The predicted octanol–water partition coefficient (Wildman–Crippen LogP) is 7.63. The summed E-state index contributed by atoms with van der Waals surface area (Å²) in [6, 6.07) is 28.7. The molecule has 42 heavy (non-hydrogen) atoms. The lowest BCUT2D eigenvalue weighted by Crippen LogP contribution is -2.23. The van der Waals surface area contributed by atoms with Gasteiger partial charge in [0.1, 0.15) is 11.5 Å². The maximum absolute atomic E-state index is 13.2. The number of nitrogens with one attached hydrogen (secondary N) is 2. The van der Waals surface area contributed by atoms with Gasteiger partial charge in [-0.3, -0.25) is 15.2 Å². The van der Waals surface area contributed by atoms with Gasteiger partial charge in [-0.15, -0.1) is 0 Å². The molecule has 7 heteroatoms. The highest BCUT2D eigenvalue weighted by molar-refractivity contribution is 6.04. The van der Waals surface area contributed by atoms with Gasteiger partial charge < -0.3 is 14.8 Å². The van der Waals surface area contributed by atoms with E-state index in [9.17, 15) is 4.79 Å². The van der Waals surface area contributed by atoms with E-state index in [2.05, 4.69) is 47.7 Å². The van der Waals surface area contributed by atoms with E-state index >= 15 is 0 Å². The number of hydrogen-bond donors (Lipinski definition) is 2. The maximum Gasteiger partial charge on any atom is 0.255 e. The minimum Gasteiger partial charge on any atom is -0.497 e. The fourth-order valence-corrected chi connectivity index (χ4v) is 4.86. The Labute approximate surface area is 246 Å². The molecule has 1 unspecified atom stereocenters. The van der Waals surface area contributed by atoms with Crippen molar-refractivity contribution in [1.29, 1.82) is 0 Å². The molecule has 0 saturated heterocycles. The molecule has 212 valence electrons. The van der Waals surface area contributed by atoms with Crippen LogP contribution in [0.2, 0.25) is 0 Å². The number of benzene rings is 4. The van der Waals surface area contributed by atoms with Crippen molar-refractivity contribution >= 4 is 28.6 Å². The average Bonchev–Trinajstić information content (AvgIpc) is 3.00. The zero-order valence-corrected chi connectivity index (χ0v) is 24.2. The Morgan fingerprint density at radius 1 is 0.881 bits per heavy atom. The van der Waals surface area contributed by atoms with E-state index in [0.717, 1.165) is 38.9 Å². The third-order valence-electron chi connectivity index (χ3n) is 6.98. The molecule has 0 fully saturated rings. The lowest BCUT2D eigenvalue weighted by atomic mass is 9.97. The second-order valence-electron chi connectivity index (χ2n) is 10.3. The molecule has 1 atom stereocenters. The summed E-state index contributed by atoms with van der Waals surface area (Å²) in [5, 5.41) is 9.45. The smallest absolute Gasteiger partial charge is 0.255 e. The summed E-state index contributed by atoms with van der Waals surface area (Å²) >= 11 is 0. The van der Waals surface area contributed by atoms with Crippen molar-refractivity contribution in [2.24, 2.45) is 5.10 Å². The molecule has 1 amide bonds. The standard InChI is InChI=1S/C35H34N4O3/c1-23(2)31-16-15-28(17-24(31)3)38-34(40)26-11-8-13-30(19-26)42-35(33-22-36-21-27-10-5-6-14-32(27)33)39-37-20-25-9-7-12-29(18-25)41-4/h5-23,35,39H,1-4H3,(H,38,40). The van der Waals surface area contributed by atoms with Crippen LogP contribution in [0.15, 0.2) is 108 Å². The number of aromatic nitrogens is 1. The third kappa shape index (κ3) is 6.75. The van der Waals surface area contributed by atoms with Crippen LogP contribution >= 0.6 is 0 Å². The summed E-state index contributed by atoms with van der Waals surface area (Å²) in [6.45, 7) is 6.38. The van der Waals surface area contributed by atoms with E-state index in [-0.39, 0.29) is 5.91 Å². The molecule has 4 aromatic carbocycles. The Balaban J connectivity index is 1.40. The topological polar surface area (TPSA) is 84.8 Å². The number of hydrazone groups is 1. The second kappa shape index (κ2) is 13.0. The van der Waals surface area contributed by atoms with Crippen molar-refractivity contribution in [2.45, 2.75) is 32.9 Å².